The highest BCUT2D eigenvalue weighted by Gasteiger charge is 2.81. The molecule has 0 unspecified atom stereocenters. The predicted molar refractivity (Wildman–Crippen MR) is 78.6 cm³/mol. The van der Waals surface area contributed by atoms with E-state index in [2.05, 4.69) is 26.1 Å². The van der Waals surface area contributed by atoms with Crippen molar-refractivity contribution < 1.29 is 74.3 Å². The molecular weight excluding hydrogens is 563 g/mol. The topological polar surface area (TPSA) is 77.5 Å². The van der Waals surface area contributed by atoms with Gasteiger partial charge in [0.05, 0.1) is 0 Å². The molecule has 184 valence electrons. The van der Waals surface area contributed by atoms with Crippen LogP contribution in [0.2, 0.25) is 0 Å². The molecule has 0 aromatic rings. The Morgan fingerprint density at radius 1 is 0.581 bits per heavy atom. The summed E-state index contributed by atoms with van der Waals surface area (Å²) >= 11 is 0. The van der Waals surface area contributed by atoms with Crippen LogP contribution in [0.15, 0.2) is 24.7 Å². The molecule has 0 amide bonds. The Morgan fingerprint density at radius 3 is 0.935 bits per heavy atom. The first-order valence-corrected chi connectivity index (χ1v) is 10.9. The van der Waals surface area contributed by atoms with Gasteiger partial charge >= 0.3 is 52.3 Å². The second-order valence-corrected chi connectivity index (χ2v) is 10.4. The molecule has 0 aromatic carbocycles. The quantitative estimate of drug-likeness (QED) is 0.214. The molecule has 0 atom stereocenters. The molecule has 0 fully saturated rings. The van der Waals surface area contributed by atoms with E-state index in [4.69, 9.17) is 0 Å². The monoisotopic (exact) mass is 566 g/mol. The Bertz CT molecular complexity index is 896. The van der Waals surface area contributed by atoms with Gasteiger partial charge in [0.1, 0.15) is 0 Å². The number of hydrogen-bond acceptors (Lipinski definition) is 5. The van der Waals surface area contributed by atoms with E-state index in [0.29, 0.717) is 0 Å². The van der Waals surface area contributed by atoms with Crippen LogP contribution in [0.4, 0.5) is 52.7 Å². The fourth-order valence-corrected chi connectivity index (χ4v) is 2.75. The van der Waals surface area contributed by atoms with E-state index in [-0.39, 0.29) is 0 Å². The Balaban J connectivity index is 6.23. The summed E-state index contributed by atoms with van der Waals surface area (Å²) in [6.07, 6.45) is 0. The van der Waals surface area contributed by atoms with Gasteiger partial charge in [0, 0.05) is 21.4 Å². The predicted octanol–water partition coefficient (Wildman–Crippen LogP) is 4.89. The van der Waals surface area contributed by atoms with Crippen LogP contribution in [-0.2, 0) is 22.8 Å². The van der Waals surface area contributed by atoms with Crippen molar-refractivity contribution in [1.29, 1.82) is 0 Å². The number of hydrogen-bond donors (Lipinski definition) is 0. The third-order valence-electron chi connectivity index (χ3n) is 3.08. The zero-order valence-electron chi connectivity index (χ0n) is 13.6. The minimum atomic E-state index is -7.14. The summed E-state index contributed by atoms with van der Waals surface area (Å²) in [6.45, 7) is 3.48. The lowest BCUT2D eigenvalue weighted by Gasteiger charge is -2.34. The molecule has 0 aromatic heterocycles. The molecule has 0 aliphatic carbocycles. The van der Waals surface area contributed by atoms with Gasteiger partial charge in [0.2, 0.25) is 0 Å². The summed E-state index contributed by atoms with van der Waals surface area (Å²) in [6, 6.07) is 0. The molecule has 0 aliphatic rings. The smallest absolute Gasteiger partial charge is 0.427 e. The molecule has 0 spiro atoms. The minimum absolute atomic E-state index is 1.74. The highest BCUT2D eigenvalue weighted by Crippen LogP contribution is 2.55. The van der Waals surface area contributed by atoms with Gasteiger partial charge in [-0.15, -0.1) is 0 Å². The van der Waals surface area contributed by atoms with Gasteiger partial charge in [-0.2, -0.15) is 52.7 Å². The van der Waals surface area contributed by atoms with Crippen LogP contribution in [0, 0.1) is 0 Å². The van der Waals surface area contributed by atoms with Crippen molar-refractivity contribution in [1.82, 2.24) is 0 Å². The lowest BCUT2D eigenvalue weighted by atomic mass is 10.1. The van der Waals surface area contributed by atoms with E-state index in [9.17, 15) is 69.5 Å². The Kier molecular flexibility index (Phi) is 7.48. The number of alkyl halides is 12. The average Bonchev–Trinajstić information content (AvgIpc) is 2.51. The van der Waals surface area contributed by atoms with Crippen molar-refractivity contribution >= 4 is 39.5 Å². The minimum Gasteiger partial charge on any atom is -0.454 e. The summed E-state index contributed by atoms with van der Waals surface area (Å²) in [5, 5.41) is -13.7. The highest BCUT2D eigenvalue weighted by atomic mass is 35.7. The van der Waals surface area contributed by atoms with Gasteiger partial charge in [-0.1, -0.05) is 13.2 Å². The second-order valence-electron chi connectivity index (χ2n) is 5.16. The maximum Gasteiger partial charge on any atom is 0.427 e. The Labute approximate surface area is 173 Å². The van der Waals surface area contributed by atoms with Crippen LogP contribution in [-0.4, -0.2) is 51.0 Å². The van der Waals surface area contributed by atoms with E-state index in [1.165, 1.54) is 0 Å². The van der Waals surface area contributed by atoms with E-state index in [1.54, 1.807) is 13.2 Å². The molecular formula is C10H4Cl2F12O5S2. The molecule has 5 nitrogen and oxygen atoms in total. The fourth-order valence-electron chi connectivity index (χ4n) is 1.30. The number of allylic oxidation sites excluding steroid dienone is 2. The van der Waals surface area contributed by atoms with E-state index >= 15 is 0 Å². The maximum atomic E-state index is 13.6. The van der Waals surface area contributed by atoms with E-state index in [0.717, 1.165) is 0 Å². The zero-order valence-corrected chi connectivity index (χ0v) is 16.7. The zero-order chi connectivity index (χ0) is 25.9. The third-order valence-corrected chi connectivity index (χ3v) is 5.98. The molecule has 0 saturated carbocycles. The number of ether oxygens (including phenoxy) is 1. The number of halogens is 14. The summed E-state index contributed by atoms with van der Waals surface area (Å²) in [7, 11) is -5.90. The molecule has 0 bridgehead atoms. The first kappa shape index (κ1) is 29.9. The van der Waals surface area contributed by atoms with Crippen LogP contribution in [0.5, 0.6) is 0 Å². The molecule has 0 radical (unpaired) electrons. The lowest BCUT2D eigenvalue weighted by molar-refractivity contribution is -0.285. The molecule has 0 N–H and O–H groups in total. The summed E-state index contributed by atoms with van der Waals surface area (Å²) in [5.74, 6) is -34.3. The van der Waals surface area contributed by atoms with Gasteiger partial charge in [-0.25, -0.2) is 16.8 Å². The second kappa shape index (κ2) is 7.75. The summed E-state index contributed by atoms with van der Waals surface area (Å²) in [5.41, 5.74) is 0. The number of rotatable bonds is 10. The fraction of sp³-hybridized carbons (Fsp3) is 0.600. The van der Waals surface area contributed by atoms with E-state index < -0.39 is 63.8 Å². The molecule has 31 heavy (non-hydrogen) atoms. The van der Waals surface area contributed by atoms with Gasteiger partial charge in [0.15, 0.2) is 11.5 Å². The van der Waals surface area contributed by atoms with Crippen LogP contribution >= 0.6 is 21.4 Å². The average molecular weight is 567 g/mol. The molecule has 0 heterocycles. The molecule has 0 aliphatic heterocycles. The first-order valence-electron chi connectivity index (χ1n) is 6.27. The maximum absolute atomic E-state index is 13.6. The Hall–Kier alpha value is -1.08. The largest absolute Gasteiger partial charge is 0.454 e. The lowest BCUT2D eigenvalue weighted by Crippen LogP contribution is -2.59. The molecule has 0 rings (SSSR count). The van der Waals surface area contributed by atoms with Crippen molar-refractivity contribution in [2.75, 3.05) is 0 Å². The molecule has 0 saturated heterocycles. The summed E-state index contributed by atoms with van der Waals surface area (Å²) in [4.78, 5) is 0. The van der Waals surface area contributed by atoms with Crippen molar-refractivity contribution in [2.45, 2.75) is 34.2 Å². The van der Waals surface area contributed by atoms with Crippen LogP contribution in [0.25, 0.3) is 0 Å². The standard InChI is InChI=1S/C10H4Cl2F12O5S2/c1-3(5(13,14)7(17,18)9(21,22)30(11,25)26)29-4(2)6(15,16)8(19,20)10(23,24)31(12,27)28/h1-2H2. The van der Waals surface area contributed by atoms with Crippen LogP contribution in [0.1, 0.15) is 0 Å². The third kappa shape index (κ3) is 4.41. The highest BCUT2D eigenvalue weighted by molar-refractivity contribution is 8.14. The van der Waals surface area contributed by atoms with Gasteiger partial charge in [0.25, 0.3) is 0 Å². The van der Waals surface area contributed by atoms with Crippen molar-refractivity contribution in [2.24, 2.45) is 0 Å². The van der Waals surface area contributed by atoms with Gasteiger partial charge in [-0.3, -0.25) is 0 Å². The molecule has 21 heteroatoms. The first-order chi connectivity index (χ1) is 13.0. The van der Waals surface area contributed by atoms with Gasteiger partial charge < -0.3 is 4.74 Å². The Morgan fingerprint density at radius 2 is 0.774 bits per heavy atom. The van der Waals surface area contributed by atoms with E-state index in [1.807, 2.05) is 0 Å². The van der Waals surface area contributed by atoms with Crippen molar-refractivity contribution in [3.63, 3.8) is 0 Å². The normalized spacial score (nSPS) is 15.5. The SMILES string of the molecule is C=C(OC(=C)C(F)(F)C(F)(F)C(F)(F)S(=O)(=O)Cl)C(F)(F)C(F)(F)C(F)(F)S(=O)(=O)Cl. The van der Waals surface area contributed by atoms with Crippen LogP contribution in [0.3, 0.4) is 0 Å². The van der Waals surface area contributed by atoms with Crippen molar-refractivity contribution in [3.05, 3.63) is 24.7 Å². The van der Waals surface area contributed by atoms with Crippen molar-refractivity contribution in [3.8, 4) is 0 Å². The van der Waals surface area contributed by atoms with Crippen LogP contribution < -0.4 is 0 Å². The van der Waals surface area contributed by atoms with Gasteiger partial charge in [-0.05, 0) is 0 Å². The summed E-state index contributed by atoms with van der Waals surface area (Å²) < 4.78 is 205.